The van der Waals surface area contributed by atoms with Crippen molar-refractivity contribution in [3.63, 3.8) is 0 Å². The summed E-state index contributed by atoms with van der Waals surface area (Å²) < 4.78 is 2.91. The minimum Gasteiger partial charge on any atom is -0.393 e. The van der Waals surface area contributed by atoms with Crippen molar-refractivity contribution in [1.82, 2.24) is 24.7 Å². The molecular weight excluding hydrogens is 496 g/mol. The third kappa shape index (κ3) is 5.49. The highest BCUT2D eigenvalue weighted by molar-refractivity contribution is 7.22. The van der Waals surface area contributed by atoms with Gasteiger partial charge in [0.15, 0.2) is 5.13 Å². The lowest BCUT2D eigenvalue weighted by atomic mass is 9.93. The number of pyridine rings is 2. The second kappa shape index (κ2) is 10.6. The molecule has 1 aliphatic carbocycles. The second-order valence-electron chi connectivity index (χ2n) is 9.50. The average molecular weight is 523 g/mol. The molecule has 10 heteroatoms. The summed E-state index contributed by atoms with van der Waals surface area (Å²) in [4.78, 5) is 13.8. The monoisotopic (exact) mass is 522 g/mol. The Morgan fingerprint density at radius 3 is 2.71 bits per heavy atom. The van der Waals surface area contributed by atoms with E-state index in [0.29, 0.717) is 17.9 Å². The SMILES string of the molecule is N#Cc1cncc(-c2ccc3nc(Nc4cc(Cn5cccn5)cc(N[C@H]5CC[C@H](O)CC5)n4)sc3c2)c1. The van der Waals surface area contributed by atoms with Crippen molar-refractivity contribution in [2.75, 3.05) is 10.6 Å². The van der Waals surface area contributed by atoms with Gasteiger partial charge in [-0.1, -0.05) is 17.4 Å². The Bertz CT molecular complexity index is 1600. The maximum atomic E-state index is 9.87. The number of nitrogens with one attached hydrogen (secondary N) is 2. The van der Waals surface area contributed by atoms with Gasteiger partial charge in [0.1, 0.15) is 17.7 Å². The summed E-state index contributed by atoms with van der Waals surface area (Å²) in [7, 11) is 0. The largest absolute Gasteiger partial charge is 0.393 e. The van der Waals surface area contributed by atoms with E-state index in [2.05, 4.69) is 38.9 Å². The van der Waals surface area contributed by atoms with Crippen LogP contribution in [0.4, 0.5) is 16.8 Å². The van der Waals surface area contributed by atoms with Gasteiger partial charge in [-0.05, 0) is 73.2 Å². The van der Waals surface area contributed by atoms with Crippen LogP contribution in [0.15, 0.2) is 67.3 Å². The molecule has 1 aliphatic rings. The minimum absolute atomic E-state index is 0.199. The molecule has 0 aliphatic heterocycles. The maximum Gasteiger partial charge on any atom is 0.189 e. The molecule has 1 fully saturated rings. The highest BCUT2D eigenvalue weighted by Crippen LogP contribution is 2.32. The summed E-state index contributed by atoms with van der Waals surface area (Å²) in [5.74, 6) is 1.50. The first-order valence-electron chi connectivity index (χ1n) is 12.6. The number of hydrogen-bond acceptors (Lipinski definition) is 9. The second-order valence-corrected chi connectivity index (χ2v) is 10.5. The van der Waals surface area contributed by atoms with Gasteiger partial charge in [0.2, 0.25) is 0 Å². The molecule has 4 aromatic heterocycles. The van der Waals surface area contributed by atoms with Crippen LogP contribution >= 0.6 is 11.3 Å². The van der Waals surface area contributed by atoms with Crippen molar-refractivity contribution < 1.29 is 5.11 Å². The number of rotatable bonds is 7. The van der Waals surface area contributed by atoms with Crippen LogP contribution < -0.4 is 10.6 Å². The summed E-state index contributed by atoms with van der Waals surface area (Å²) in [5.41, 5.74) is 4.37. The highest BCUT2D eigenvalue weighted by Gasteiger charge is 2.20. The summed E-state index contributed by atoms with van der Waals surface area (Å²) in [6, 6.07) is 16.3. The number of fused-ring (bicyclic) bond motifs is 1. The first-order valence-corrected chi connectivity index (χ1v) is 13.4. The molecule has 38 heavy (non-hydrogen) atoms. The lowest BCUT2D eigenvalue weighted by Crippen LogP contribution is -2.28. The molecule has 0 atom stereocenters. The molecule has 6 rings (SSSR count). The molecule has 9 nitrogen and oxygen atoms in total. The van der Waals surface area contributed by atoms with E-state index in [9.17, 15) is 10.4 Å². The molecule has 1 aromatic carbocycles. The van der Waals surface area contributed by atoms with Crippen molar-refractivity contribution in [2.24, 2.45) is 0 Å². The number of thiazole rings is 1. The number of hydrogen-bond donors (Lipinski definition) is 3. The quantitative estimate of drug-likeness (QED) is 0.262. The molecule has 0 radical (unpaired) electrons. The van der Waals surface area contributed by atoms with E-state index in [-0.39, 0.29) is 12.1 Å². The third-order valence-corrected chi connectivity index (χ3v) is 7.60. The highest BCUT2D eigenvalue weighted by atomic mass is 32.1. The van der Waals surface area contributed by atoms with E-state index in [1.165, 1.54) is 0 Å². The zero-order valence-corrected chi connectivity index (χ0v) is 21.4. The van der Waals surface area contributed by atoms with Crippen molar-refractivity contribution in [3.05, 3.63) is 78.4 Å². The van der Waals surface area contributed by atoms with Crippen LogP contribution in [0, 0.1) is 11.3 Å². The van der Waals surface area contributed by atoms with Crippen molar-refractivity contribution in [1.29, 1.82) is 5.26 Å². The van der Waals surface area contributed by atoms with Crippen molar-refractivity contribution in [2.45, 2.75) is 44.4 Å². The number of benzene rings is 1. The predicted octanol–water partition coefficient (Wildman–Crippen LogP) is 5.33. The number of nitriles is 1. The normalized spacial score (nSPS) is 17.3. The van der Waals surface area contributed by atoms with E-state index < -0.39 is 0 Å². The third-order valence-electron chi connectivity index (χ3n) is 6.66. The molecule has 190 valence electrons. The van der Waals surface area contributed by atoms with Gasteiger partial charge in [0, 0.05) is 36.4 Å². The maximum absolute atomic E-state index is 9.87. The van der Waals surface area contributed by atoms with Crippen LogP contribution in [0.25, 0.3) is 21.3 Å². The van der Waals surface area contributed by atoms with E-state index in [4.69, 9.17) is 9.97 Å². The molecule has 0 spiro atoms. The average Bonchev–Trinajstić information content (AvgIpc) is 3.59. The van der Waals surface area contributed by atoms with Gasteiger partial charge in [0.25, 0.3) is 0 Å². The Labute approximate surface area is 223 Å². The fourth-order valence-electron chi connectivity index (χ4n) is 4.75. The number of aliphatic hydroxyl groups is 1. The Morgan fingerprint density at radius 2 is 1.89 bits per heavy atom. The molecular formula is C28H26N8OS. The number of anilines is 3. The summed E-state index contributed by atoms with van der Waals surface area (Å²) in [6.45, 7) is 0.626. The van der Waals surface area contributed by atoms with E-state index in [0.717, 1.165) is 63.5 Å². The molecule has 5 aromatic rings. The fraction of sp³-hybridized carbons (Fsp3) is 0.250. The Kier molecular flexibility index (Phi) is 6.69. The molecule has 1 saturated carbocycles. The van der Waals surface area contributed by atoms with E-state index in [1.54, 1.807) is 29.9 Å². The van der Waals surface area contributed by atoms with E-state index in [1.807, 2.05) is 41.2 Å². The van der Waals surface area contributed by atoms with Gasteiger partial charge in [-0.25, -0.2) is 9.97 Å². The molecule has 0 bridgehead atoms. The summed E-state index contributed by atoms with van der Waals surface area (Å²) >= 11 is 1.55. The predicted molar refractivity (Wildman–Crippen MR) is 148 cm³/mol. The van der Waals surface area contributed by atoms with Crippen LogP contribution in [0.5, 0.6) is 0 Å². The standard InChI is InChI=1S/C28H26N8OS/c29-14-19-10-21(16-30-15-19)20-2-7-24-25(13-20)38-28(33-24)35-27-12-18(17-36-9-1-8-31-36)11-26(34-27)32-22-3-5-23(37)6-4-22/h1-2,7-13,15-16,22-23,37H,3-6,17H2,(H2,32,33,34,35)/t22-,23-. The molecule has 4 heterocycles. The minimum atomic E-state index is -0.199. The topological polar surface area (TPSA) is 125 Å². The summed E-state index contributed by atoms with van der Waals surface area (Å²) in [5, 5.41) is 31.1. The zero-order chi connectivity index (χ0) is 25.9. The van der Waals surface area contributed by atoms with Crippen molar-refractivity contribution in [3.8, 4) is 17.2 Å². The lowest BCUT2D eigenvalue weighted by molar-refractivity contribution is 0.126. The van der Waals surface area contributed by atoms with Crippen molar-refractivity contribution >= 4 is 38.3 Å². The lowest BCUT2D eigenvalue weighted by Gasteiger charge is -2.27. The van der Waals surface area contributed by atoms with Crippen LogP contribution in [-0.4, -0.2) is 42.0 Å². The smallest absolute Gasteiger partial charge is 0.189 e. The molecule has 3 N–H and O–H groups in total. The van der Waals surface area contributed by atoms with Gasteiger partial charge in [-0.15, -0.1) is 0 Å². The molecule has 0 amide bonds. The Morgan fingerprint density at radius 1 is 1.03 bits per heavy atom. The first-order chi connectivity index (χ1) is 18.6. The molecule has 0 unspecified atom stereocenters. The molecule has 0 saturated heterocycles. The van der Waals surface area contributed by atoms with Crippen LogP contribution in [0.1, 0.15) is 36.8 Å². The number of nitrogens with zero attached hydrogens (tertiary/aromatic N) is 6. The Hall–Kier alpha value is -4.33. The zero-order valence-electron chi connectivity index (χ0n) is 20.6. The van der Waals surface area contributed by atoms with Gasteiger partial charge in [-0.3, -0.25) is 9.67 Å². The number of aliphatic hydroxyl groups excluding tert-OH is 1. The van der Waals surface area contributed by atoms with Gasteiger partial charge in [-0.2, -0.15) is 10.4 Å². The fourth-order valence-corrected chi connectivity index (χ4v) is 5.66. The first kappa shape index (κ1) is 24.0. The van der Waals surface area contributed by atoms with Crippen LogP contribution in [0.2, 0.25) is 0 Å². The summed E-state index contributed by atoms with van der Waals surface area (Å²) in [6.07, 6.45) is 10.3. The Balaban J connectivity index is 1.27. The van der Waals surface area contributed by atoms with E-state index >= 15 is 0 Å². The van der Waals surface area contributed by atoms with Gasteiger partial charge >= 0.3 is 0 Å². The van der Waals surface area contributed by atoms with Crippen LogP contribution in [-0.2, 0) is 6.54 Å². The van der Waals surface area contributed by atoms with Gasteiger partial charge in [0.05, 0.1) is 28.4 Å². The van der Waals surface area contributed by atoms with Crippen LogP contribution in [0.3, 0.4) is 0 Å². The number of aromatic nitrogens is 5. The van der Waals surface area contributed by atoms with Gasteiger partial charge < -0.3 is 15.7 Å².